The molecule has 1 aromatic rings. The molecular formula is C15H25NO2. The molecule has 0 heterocycles. The van der Waals surface area contributed by atoms with Crippen LogP contribution in [0.15, 0.2) is 24.3 Å². The van der Waals surface area contributed by atoms with Crippen molar-refractivity contribution in [3.8, 4) is 5.75 Å². The maximum absolute atomic E-state index is 5.56. The lowest BCUT2D eigenvalue weighted by Crippen LogP contribution is -2.11. The zero-order valence-electron chi connectivity index (χ0n) is 11.7. The van der Waals surface area contributed by atoms with Gasteiger partial charge in [-0.2, -0.15) is 0 Å². The smallest absolute Gasteiger partial charge is 0.142 e. The van der Waals surface area contributed by atoms with E-state index in [9.17, 15) is 0 Å². The van der Waals surface area contributed by atoms with Crippen molar-refractivity contribution < 1.29 is 9.47 Å². The Kier molecular flexibility index (Phi) is 7.26. The van der Waals surface area contributed by atoms with Gasteiger partial charge in [-0.3, -0.25) is 0 Å². The topological polar surface area (TPSA) is 30.5 Å². The number of hydrogen-bond donors (Lipinski definition) is 1. The van der Waals surface area contributed by atoms with E-state index in [1.165, 1.54) is 0 Å². The van der Waals surface area contributed by atoms with Gasteiger partial charge in [0.1, 0.15) is 5.75 Å². The van der Waals surface area contributed by atoms with Gasteiger partial charge in [0.15, 0.2) is 0 Å². The maximum Gasteiger partial charge on any atom is 0.142 e. The molecule has 0 aromatic heterocycles. The largest absolute Gasteiger partial charge is 0.492 e. The van der Waals surface area contributed by atoms with Crippen LogP contribution in [0.1, 0.15) is 27.2 Å². The van der Waals surface area contributed by atoms with Crippen LogP contribution in [0.5, 0.6) is 5.75 Å². The molecule has 1 rings (SSSR count). The summed E-state index contributed by atoms with van der Waals surface area (Å²) in [6, 6.07) is 7.99. The third-order valence-electron chi connectivity index (χ3n) is 2.59. The molecular weight excluding hydrogens is 226 g/mol. The predicted octanol–water partition coefficient (Wildman–Crippen LogP) is 3.56. The van der Waals surface area contributed by atoms with Crippen molar-refractivity contribution in [2.24, 2.45) is 5.92 Å². The summed E-state index contributed by atoms with van der Waals surface area (Å²) in [5.74, 6) is 1.61. The quantitative estimate of drug-likeness (QED) is 0.681. The first kappa shape index (κ1) is 14.8. The van der Waals surface area contributed by atoms with Crippen molar-refractivity contribution in [3.63, 3.8) is 0 Å². The Morgan fingerprint density at radius 1 is 1.17 bits per heavy atom. The van der Waals surface area contributed by atoms with E-state index in [2.05, 4.69) is 19.2 Å². The van der Waals surface area contributed by atoms with Gasteiger partial charge in [0, 0.05) is 13.2 Å². The van der Waals surface area contributed by atoms with Crippen LogP contribution in [0, 0.1) is 5.92 Å². The summed E-state index contributed by atoms with van der Waals surface area (Å²) in [5.41, 5.74) is 1.03. The monoisotopic (exact) mass is 251 g/mol. The van der Waals surface area contributed by atoms with Crippen molar-refractivity contribution >= 4 is 5.69 Å². The standard InChI is InChI=1S/C15H25NO2/c1-4-18-15-8-6-5-7-14(15)16-10-12-17-11-9-13(2)3/h5-8,13,16H,4,9-12H2,1-3H3. The number of nitrogens with one attached hydrogen (secondary N) is 1. The molecule has 3 nitrogen and oxygen atoms in total. The van der Waals surface area contributed by atoms with Crippen molar-refractivity contribution in [2.75, 3.05) is 31.7 Å². The van der Waals surface area contributed by atoms with Crippen LogP contribution in [0.4, 0.5) is 5.69 Å². The van der Waals surface area contributed by atoms with Crippen LogP contribution < -0.4 is 10.1 Å². The summed E-state index contributed by atoms with van der Waals surface area (Å²) in [5, 5.41) is 3.34. The zero-order chi connectivity index (χ0) is 13.2. The average molecular weight is 251 g/mol. The molecule has 0 radical (unpaired) electrons. The summed E-state index contributed by atoms with van der Waals surface area (Å²) < 4.78 is 11.1. The number of hydrogen-bond acceptors (Lipinski definition) is 3. The van der Waals surface area contributed by atoms with Crippen molar-refractivity contribution in [3.05, 3.63) is 24.3 Å². The lowest BCUT2D eigenvalue weighted by molar-refractivity contribution is 0.132. The maximum atomic E-state index is 5.56. The molecule has 0 saturated heterocycles. The first-order valence-electron chi connectivity index (χ1n) is 6.77. The molecule has 0 saturated carbocycles. The zero-order valence-corrected chi connectivity index (χ0v) is 11.7. The summed E-state index contributed by atoms with van der Waals surface area (Å²) >= 11 is 0. The van der Waals surface area contributed by atoms with Gasteiger partial charge in [-0.05, 0) is 31.4 Å². The fraction of sp³-hybridized carbons (Fsp3) is 0.600. The fourth-order valence-corrected chi connectivity index (χ4v) is 1.57. The molecule has 0 amide bonds. The summed E-state index contributed by atoms with van der Waals surface area (Å²) in [4.78, 5) is 0. The fourth-order valence-electron chi connectivity index (χ4n) is 1.57. The average Bonchev–Trinajstić information content (AvgIpc) is 2.35. The van der Waals surface area contributed by atoms with Crippen LogP contribution in [0.25, 0.3) is 0 Å². The molecule has 1 N–H and O–H groups in total. The van der Waals surface area contributed by atoms with E-state index in [0.29, 0.717) is 12.5 Å². The molecule has 0 fully saturated rings. The third kappa shape index (κ3) is 5.92. The second-order valence-corrected chi connectivity index (χ2v) is 4.65. The van der Waals surface area contributed by atoms with Gasteiger partial charge in [0.05, 0.1) is 18.9 Å². The molecule has 0 aliphatic carbocycles. The van der Waals surface area contributed by atoms with Gasteiger partial charge in [-0.15, -0.1) is 0 Å². The highest BCUT2D eigenvalue weighted by Gasteiger charge is 2.00. The van der Waals surface area contributed by atoms with Gasteiger partial charge in [-0.1, -0.05) is 26.0 Å². The molecule has 18 heavy (non-hydrogen) atoms. The van der Waals surface area contributed by atoms with Crippen LogP contribution in [-0.2, 0) is 4.74 Å². The Balaban J connectivity index is 2.22. The highest BCUT2D eigenvalue weighted by atomic mass is 16.5. The lowest BCUT2D eigenvalue weighted by Gasteiger charge is -2.12. The SMILES string of the molecule is CCOc1ccccc1NCCOCCC(C)C. The molecule has 0 aliphatic heterocycles. The highest BCUT2D eigenvalue weighted by Crippen LogP contribution is 2.23. The summed E-state index contributed by atoms with van der Waals surface area (Å²) in [7, 11) is 0. The molecule has 0 bridgehead atoms. The molecule has 3 heteroatoms. The Morgan fingerprint density at radius 2 is 1.94 bits per heavy atom. The molecule has 102 valence electrons. The number of anilines is 1. The minimum atomic E-state index is 0.684. The van der Waals surface area contributed by atoms with E-state index < -0.39 is 0 Å². The highest BCUT2D eigenvalue weighted by molar-refractivity contribution is 5.56. The number of para-hydroxylation sites is 2. The van der Waals surface area contributed by atoms with Crippen molar-refractivity contribution in [1.82, 2.24) is 0 Å². The second kappa shape index (κ2) is 8.81. The molecule has 1 aromatic carbocycles. The van der Waals surface area contributed by atoms with E-state index >= 15 is 0 Å². The van der Waals surface area contributed by atoms with Crippen LogP contribution >= 0.6 is 0 Å². The van der Waals surface area contributed by atoms with Crippen molar-refractivity contribution in [1.29, 1.82) is 0 Å². The van der Waals surface area contributed by atoms with Crippen molar-refractivity contribution in [2.45, 2.75) is 27.2 Å². The third-order valence-corrected chi connectivity index (χ3v) is 2.59. The summed E-state index contributed by atoms with van der Waals surface area (Å²) in [6.07, 6.45) is 1.12. The lowest BCUT2D eigenvalue weighted by atomic mass is 10.1. The summed E-state index contributed by atoms with van der Waals surface area (Å²) in [6.45, 7) is 9.47. The Hall–Kier alpha value is -1.22. The van der Waals surface area contributed by atoms with Crippen LogP contribution in [0.3, 0.4) is 0 Å². The number of ether oxygens (including phenoxy) is 2. The Morgan fingerprint density at radius 3 is 2.67 bits per heavy atom. The van der Waals surface area contributed by atoms with Gasteiger partial charge in [0.2, 0.25) is 0 Å². The first-order chi connectivity index (χ1) is 8.74. The van der Waals surface area contributed by atoms with Crippen LogP contribution in [-0.4, -0.2) is 26.4 Å². The van der Waals surface area contributed by atoms with E-state index in [-0.39, 0.29) is 0 Å². The van der Waals surface area contributed by atoms with E-state index in [1.54, 1.807) is 0 Å². The van der Waals surface area contributed by atoms with E-state index in [4.69, 9.17) is 9.47 Å². The van der Waals surface area contributed by atoms with Crippen LogP contribution in [0.2, 0.25) is 0 Å². The van der Waals surface area contributed by atoms with Gasteiger partial charge in [0.25, 0.3) is 0 Å². The number of benzene rings is 1. The molecule has 0 atom stereocenters. The second-order valence-electron chi connectivity index (χ2n) is 4.65. The molecule has 0 spiro atoms. The molecule has 0 unspecified atom stereocenters. The number of rotatable bonds is 9. The molecule has 0 aliphatic rings. The van der Waals surface area contributed by atoms with Gasteiger partial charge >= 0.3 is 0 Å². The first-order valence-corrected chi connectivity index (χ1v) is 6.77. The van der Waals surface area contributed by atoms with Gasteiger partial charge in [-0.25, -0.2) is 0 Å². The minimum absolute atomic E-state index is 0.684. The Labute approximate surface area is 110 Å². The Bertz CT molecular complexity index is 326. The van der Waals surface area contributed by atoms with E-state index in [1.807, 2.05) is 31.2 Å². The minimum Gasteiger partial charge on any atom is -0.492 e. The van der Waals surface area contributed by atoms with E-state index in [0.717, 1.165) is 37.6 Å². The normalized spacial score (nSPS) is 10.7. The van der Waals surface area contributed by atoms with Gasteiger partial charge < -0.3 is 14.8 Å². The predicted molar refractivity (Wildman–Crippen MR) is 76.4 cm³/mol.